The lowest BCUT2D eigenvalue weighted by Crippen LogP contribution is -2.26. The molecule has 0 aromatic heterocycles. The standard InChI is InChI=1S/C12H13NO6S/c1-13(12(15)16)9-4-2-8(3-5-9)11(14)10-6-7-19-20(10,17)18/h2-5,10H,6-7H2,1H3,(H,15,16). The van der Waals surface area contributed by atoms with Gasteiger partial charge in [0.05, 0.1) is 6.61 Å². The first-order chi connectivity index (χ1) is 9.33. The molecule has 1 aromatic rings. The predicted molar refractivity (Wildman–Crippen MR) is 70.5 cm³/mol. The van der Waals surface area contributed by atoms with Crippen LogP contribution in [0.25, 0.3) is 0 Å². The fourth-order valence-electron chi connectivity index (χ4n) is 1.91. The van der Waals surface area contributed by atoms with Crippen LogP contribution in [-0.2, 0) is 14.3 Å². The van der Waals surface area contributed by atoms with Gasteiger partial charge >= 0.3 is 6.09 Å². The van der Waals surface area contributed by atoms with Crippen molar-refractivity contribution in [3.05, 3.63) is 29.8 Å². The molecule has 1 saturated heterocycles. The minimum atomic E-state index is -3.83. The van der Waals surface area contributed by atoms with E-state index in [1.807, 2.05) is 0 Å². The van der Waals surface area contributed by atoms with Crippen molar-refractivity contribution in [3.8, 4) is 0 Å². The summed E-state index contributed by atoms with van der Waals surface area (Å²) in [5.74, 6) is -0.535. The second kappa shape index (κ2) is 5.22. The van der Waals surface area contributed by atoms with Gasteiger partial charge in [0.25, 0.3) is 10.1 Å². The zero-order valence-electron chi connectivity index (χ0n) is 10.6. The minimum absolute atomic E-state index is 0.0125. The maximum absolute atomic E-state index is 12.1. The third-order valence-electron chi connectivity index (χ3n) is 3.09. The Morgan fingerprint density at radius 2 is 1.90 bits per heavy atom. The lowest BCUT2D eigenvalue weighted by atomic mass is 10.1. The molecule has 1 amide bonds. The fourth-order valence-corrected chi connectivity index (χ4v) is 3.18. The van der Waals surface area contributed by atoms with Crippen LogP contribution >= 0.6 is 0 Å². The molecular weight excluding hydrogens is 286 g/mol. The molecule has 108 valence electrons. The van der Waals surface area contributed by atoms with E-state index in [2.05, 4.69) is 4.18 Å². The van der Waals surface area contributed by atoms with Gasteiger partial charge in [-0.3, -0.25) is 13.9 Å². The number of benzene rings is 1. The summed E-state index contributed by atoms with van der Waals surface area (Å²) >= 11 is 0. The van der Waals surface area contributed by atoms with Gasteiger partial charge in [-0.05, 0) is 30.7 Å². The van der Waals surface area contributed by atoms with E-state index in [1.54, 1.807) is 0 Å². The fraction of sp³-hybridized carbons (Fsp3) is 0.333. The quantitative estimate of drug-likeness (QED) is 0.662. The van der Waals surface area contributed by atoms with Gasteiger partial charge in [-0.1, -0.05) is 0 Å². The molecule has 1 fully saturated rings. The number of amides is 1. The van der Waals surface area contributed by atoms with Crippen molar-refractivity contribution in [2.75, 3.05) is 18.6 Å². The van der Waals surface area contributed by atoms with Crippen molar-refractivity contribution in [1.29, 1.82) is 0 Å². The summed E-state index contributed by atoms with van der Waals surface area (Å²) in [6, 6.07) is 5.71. The molecule has 1 heterocycles. The molecule has 1 unspecified atom stereocenters. The number of ketones is 1. The maximum atomic E-state index is 12.1. The summed E-state index contributed by atoms with van der Waals surface area (Å²) in [6.45, 7) is 0.0125. The summed E-state index contributed by atoms with van der Waals surface area (Å²) in [7, 11) is -2.46. The highest BCUT2D eigenvalue weighted by atomic mass is 32.2. The molecule has 0 spiro atoms. The zero-order chi connectivity index (χ0) is 14.9. The smallest absolute Gasteiger partial charge is 0.411 e. The highest BCUT2D eigenvalue weighted by Gasteiger charge is 2.38. The molecule has 1 aliphatic rings. The van der Waals surface area contributed by atoms with Crippen molar-refractivity contribution >= 4 is 27.7 Å². The monoisotopic (exact) mass is 299 g/mol. The topological polar surface area (TPSA) is 101 Å². The van der Waals surface area contributed by atoms with Crippen LogP contribution in [0.15, 0.2) is 24.3 Å². The van der Waals surface area contributed by atoms with Crippen LogP contribution in [0.4, 0.5) is 10.5 Å². The minimum Gasteiger partial charge on any atom is -0.465 e. The number of Topliss-reactive ketones (excluding diaryl/α,β-unsaturated/α-hetero) is 1. The number of rotatable bonds is 3. The van der Waals surface area contributed by atoms with Crippen molar-refractivity contribution in [1.82, 2.24) is 0 Å². The molecule has 7 nitrogen and oxygen atoms in total. The van der Waals surface area contributed by atoms with E-state index in [1.165, 1.54) is 31.3 Å². The Morgan fingerprint density at radius 3 is 2.35 bits per heavy atom. The third kappa shape index (κ3) is 2.66. The van der Waals surface area contributed by atoms with Crippen molar-refractivity contribution < 1.29 is 27.3 Å². The average molecular weight is 299 g/mol. The number of nitrogens with zero attached hydrogens (tertiary/aromatic N) is 1. The second-order valence-electron chi connectivity index (χ2n) is 4.34. The highest BCUT2D eigenvalue weighted by Crippen LogP contribution is 2.23. The lowest BCUT2D eigenvalue weighted by molar-refractivity contribution is 0.0987. The van der Waals surface area contributed by atoms with E-state index in [-0.39, 0.29) is 18.6 Å². The molecule has 0 bridgehead atoms. The molecule has 1 aromatic carbocycles. The van der Waals surface area contributed by atoms with Crippen molar-refractivity contribution in [2.45, 2.75) is 11.7 Å². The van der Waals surface area contributed by atoms with Gasteiger partial charge in [-0.2, -0.15) is 8.42 Å². The van der Waals surface area contributed by atoms with Gasteiger partial charge in [-0.25, -0.2) is 4.79 Å². The molecule has 0 saturated carbocycles. The van der Waals surface area contributed by atoms with Crippen molar-refractivity contribution in [2.24, 2.45) is 0 Å². The normalized spacial score (nSPS) is 20.6. The molecule has 1 aliphatic heterocycles. The molecule has 2 rings (SSSR count). The molecule has 0 aliphatic carbocycles. The van der Waals surface area contributed by atoms with E-state index in [0.717, 1.165) is 4.90 Å². The lowest BCUT2D eigenvalue weighted by Gasteiger charge is -2.13. The number of carbonyl (C=O) groups is 2. The SMILES string of the molecule is CN(C(=O)O)c1ccc(C(=O)C2CCOS2(=O)=O)cc1. The number of carboxylic acid groups (broad SMARTS) is 1. The van der Waals surface area contributed by atoms with Crippen LogP contribution in [-0.4, -0.2) is 44.3 Å². The van der Waals surface area contributed by atoms with E-state index >= 15 is 0 Å². The number of anilines is 1. The number of hydrogen-bond acceptors (Lipinski definition) is 5. The van der Waals surface area contributed by atoms with Crippen LogP contribution in [0.1, 0.15) is 16.8 Å². The molecule has 20 heavy (non-hydrogen) atoms. The third-order valence-corrected chi connectivity index (χ3v) is 4.74. The summed E-state index contributed by atoms with van der Waals surface area (Å²) in [5.41, 5.74) is 0.603. The molecule has 0 radical (unpaired) electrons. The second-order valence-corrected chi connectivity index (χ2v) is 6.14. The summed E-state index contributed by atoms with van der Waals surface area (Å²) in [4.78, 5) is 23.9. The Morgan fingerprint density at radius 1 is 1.30 bits per heavy atom. The van der Waals surface area contributed by atoms with Crippen LogP contribution in [0, 0.1) is 0 Å². The van der Waals surface area contributed by atoms with Gasteiger partial charge in [0.1, 0.15) is 0 Å². The van der Waals surface area contributed by atoms with E-state index < -0.39 is 27.2 Å². The van der Waals surface area contributed by atoms with Gasteiger partial charge in [0, 0.05) is 18.3 Å². The Kier molecular flexibility index (Phi) is 3.78. The number of carbonyl (C=O) groups excluding carboxylic acids is 1. The molecule has 1 N–H and O–H groups in total. The van der Waals surface area contributed by atoms with Gasteiger partial charge in [0.15, 0.2) is 11.0 Å². The Balaban J connectivity index is 2.22. The maximum Gasteiger partial charge on any atom is 0.411 e. The summed E-state index contributed by atoms with van der Waals surface area (Å²) < 4.78 is 27.6. The van der Waals surface area contributed by atoms with Gasteiger partial charge in [-0.15, -0.1) is 0 Å². The molecule has 1 atom stereocenters. The first kappa shape index (κ1) is 14.5. The van der Waals surface area contributed by atoms with Crippen LogP contribution in [0.2, 0.25) is 0 Å². The molecule has 8 heteroatoms. The van der Waals surface area contributed by atoms with Crippen LogP contribution in [0.5, 0.6) is 0 Å². The van der Waals surface area contributed by atoms with Crippen LogP contribution < -0.4 is 4.90 Å². The first-order valence-electron chi connectivity index (χ1n) is 5.82. The van der Waals surface area contributed by atoms with Gasteiger partial charge in [0.2, 0.25) is 0 Å². The predicted octanol–water partition coefficient (Wildman–Crippen LogP) is 1.10. The Bertz CT molecular complexity index is 636. The Labute approximate surface area is 115 Å². The number of hydrogen-bond donors (Lipinski definition) is 1. The largest absolute Gasteiger partial charge is 0.465 e. The first-order valence-corrected chi connectivity index (χ1v) is 7.29. The van der Waals surface area contributed by atoms with Gasteiger partial charge < -0.3 is 5.11 Å². The van der Waals surface area contributed by atoms with E-state index in [9.17, 15) is 18.0 Å². The average Bonchev–Trinajstić information content (AvgIpc) is 2.76. The van der Waals surface area contributed by atoms with Crippen molar-refractivity contribution in [3.63, 3.8) is 0 Å². The molecular formula is C12H13NO6S. The van der Waals surface area contributed by atoms with E-state index in [0.29, 0.717) is 5.69 Å². The summed E-state index contributed by atoms with van der Waals surface area (Å²) in [6.07, 6.45) is -0.992. The highest BCUT2D eigenvalue weighted by molar-refractivity contribution is 7.88. The van der Waals surface area contributed by atoms with Crippen LogP contribution in [0.3, 0.4) is 0 Å². The summed E-state index contributed by atoms with van der Waals surface area (Å²) in [5, 5.41) is 7.64. The Hall–Kier alpha value is -1.93. The zero-order valence-corrected chi connectivity index (χ0v) is 11.5. The van der Waals surface area contributed by atoms with E-state index in [4.69, 9.17) is 5.11 Å².